The fourth-order valence-corrected chi connectivity index (χ4v) is 2.57. The molecule has 2 N–H and O–H groups in total. The first kappa shape index (κ1) is 13.9. The first-order valence-electron chi connectivity index (χ1n) is 6.65. The predicted octanol–water partition coefficient (Wildman–Crippen LogP) is 1.92. The van der Waals surface area contributed by atoms with Gasteiger partial charge in [0.2, 0.25) is 0 Å². The van der Waals surface area contributed by atoms with Crippen LogP contribution < -0.4 is 10.6 Å². The van der Waals surface area contributed by atoms with Gasteiger partial charge in [0.25, 0.3) is 0 Å². The summed E-state index contributed by atoms with van der Waals surface area (Å²) in [4.78, 5) is 0. The molecule has 1 saturated carbocycles. The van der Waals surface area contributed by atoms with E-state index in [1.807, 2.05) is 0 Å². The minimum atomic E-state index is 0.317. The average molecular weight is 228 g/mol. The second-order valence-electron chi connectivity index (χ2n) is 5.09. The summed E-state index contributed by atoms with van der Waals surface area (Å²) < 4.78 is 5.22. The molecule has 0 bridgehead atoms. The monoisotopic (exact) mass is 228 g/mol. The third-order valence-corrected chi connectivity index (χ3v) is 3.96. The highest BCUT2D eigenvalue weighted by atomic mass is 16.5. The van der Waals surface area contributed by atoms with Crippen molar-refractivity contribution in [3.63, 3.8) is 0 Å². The van der Waals surface area contributed by atoms with Gasteiger partial charge < -0.3 is 15.4 Å². The largest absolute Gasteiger partial charge is 0.380 e. The normalized spacial score (nSPS) is 21.9. The van der Waals surface area contributed by atoms with E-state index in [4.69, 9.17) is 4.74 Å². The molecule has 3 nitrogen and oxygen atoms in total. The van der Waals surface area contributed by atoms with Gasteiger partial charge >= 0.3 is 0 Å². The molecule has 1 atom stereocenters. The minimum Gasteiger partial charge on any atom is -0.380 e. The van der Waals surface area contributed by atoms with E-state index < -0.39 is 0 Å². The van der Waals surface area contributed by atoms with Crippen molar-refractivity contribution in [2.24, 2.45) is 0 Å². The Bertz CT molecular complexity index is 179. The highest BCUT2D eigenvalue weighted by Gasteiger charge is 2.29. The molecule has 96 valence electrons. The van der Waals surface area contributed by atoms with Gasteiger partial charge in [-0.05, 0) is 39.8 Å². The molecule has 0 aliphatic heterocycles. The molecular weight excluding hydrogens is 200 g/mol. The Labute approximate surface area is 100 Å². The second-order valence-corrected chi connectivity index (χ2v) is 5.09. The van der Waals surface area contributed by atoms with Gasteiger partial charge in [-0.3, -0.25) is 0 Å². The first-order chi connectivity index (χ1) is 7.72. The minimum absolute atomic E-state index is 0.317. The van der Waals surface area contributed by atoms with Crippen LogP contribution in [-0.4, -0.2) is 38.9 Å². The van der Waals surface area contributed by atoms with E-state index >= 15 is 0 Å². The van der Waals surface area contributed by atoms with Gasteiger partial charge in [-0.1, -0.05) is 19.3 Å². The van der Waals surface area contributed by atoms with Crippen LogP contribution in [0.4, 0.5) is 0 Å². The molecule has 0 aromatic rings. The summed E-state index contributed by atoms with van der Waals surface area (Å²) in [6, 6.07) is 0. The van der Waals surface area contributed by atoms with E-state index in [2.05, 4.69) is 24.6 Å². The predicted molar refractivity (Wildman–Crippen MR) is 68.8 cm³/mol. The molecule has 0 amide bonds. The van der Waals surface area contributed by atoms with E-state index in [0.717, 1.165) is 13.1 Å². The van der Waals surface area contributed by atoms with Crippen LogP contribution in [0.2, 0.25) is 0 Å². The van der Waals surface area contributed by atoms with Gasteiger partial charge in [-0.2, -0.15) is 0 Å². The van der Waals surface area contributed by atoms with Gasteiger partial charge in [0.15, 0.2) is 0 Å². The van der Waals surface area contributed by atoms with Gasteiger partial charge in [-0.25, -0.2) is 0 Å². The van der Waals surface area contributed by atoms with Crippen LogP contribution >= 0.6 is 0 Å². The molecule has 1 fully saturated rings. The summed E-state index contributed by atoms with van der Waals surface area (Å²) in [5.74, 6) is 0. The van der Waals surface area contributed by atoms with Crippen LogP contribution in [0, 0.1) is 0 Å². The Morgan fingerprint density at radius 2 is 1.94 bits per heavy atom. The molecule has 1 unspecified atom stereocenters. The molecule has 16 heavy (non-hydrogen) atoms. The van der Waals surface area contributed by atoms with Crippen molar-refractivity contribution in [3.05, 3.63) is 0 Å². The van der Waals surface area contributed by atoms with E-state index in [-0.39, 0.29) is 0 Å². The molecule has 1 rings (SSSR count). The Balaban J connectivity index is 2.18. The molecule has 0 heterocycles. The van der Waals surface area contributed by atoms with Gasteiger partial charge in [0.05, 0.1) is 6.10 Å². The summed E-state index contributed by atoms with van der Waals surface area (Å²) >= 11 is 0. The van der Waals surface area contributed by atoms with Crippen molar-refractivity contribution in [2.45, 2.75) is 57.1 Å². The molecule has 0 aromatic carbocycles. The van der Waals surface area contributed by atoms with Crippen LogP contribution in [-0.2, 0) is 4.74 Å². The zero-order chi connectivity index (χ0) is 11.9. The molecule has 0 aromatic heterocycles. The van der Waals surface area contributed by atoms with E-state index in [9.17, 15) is 0 Å². The Morgan fingerprint density at radius 3 is 2.50 bits per heavy atom. The average Bonchev–Trinajstić information content (AvgIpc) is 2.35. The Morgan fingerprint density at radius 1 is 1.25 bits per heavy atom. The lowest BCUT2D eigenvalue weighted by atomic mass is 9.79. The quantitative estimate of drug-likeness (QED) is 0.653. The lowest BCUT2D eigenvalue weighted by molar-refractivity contribution is 0.116. The standard InChI is InChI=1S/C13H28N2O/c1-12(16-3)11-15-10-9-13(14-2)7-5-4-6-8-13/h12,14-15H,4-11H2,1-3H3. The maximum Gasteiger partial charge on any atom is 0.0667 e. The van der Waals surface area contributed by atoms with Gasteiger partial charge in [0, 0.05) is 19.2 Å². The number of hydrogen-bond acceptors (Lipinski definition) is 3. The topological polar surface area (TPSA) is 33.3 Å². The Hall–Kier alpha value is -0.120. The molecular formula is C13H28N2O. The molecule has 3 heteroatoms. The van der Waals surface area contributed by atoms with Crippen molar-refractivity contribution in [1.82, 2.24) is 10.6 Å². The smallest absolute Gasteiger partial charge is 0.0667 e. The van der Waals surface area contributed by atoms with Gasteiger partial charge in [0.1, 0.15) is 0 Å². The zero-order valence-corrected chi connectivity index (χ0v) is 11.1. The van der Waals surface area contributed by atoms with Crippen molar-refractivity contribution in [2.75, 3.05) is 27.2 Å². The number of ether oxygens (including phenoxy) is 1. The first-order valence-corrected chi connectivity index (χ1v) is 6.65. The molecule has 1 aliphatic rings. The second kappa shape index (κ2) is 7.25. The molecule has 0 saturated heterocycles. The lowest BCUT2D eigenvalue weighted by Crippen LogP contribution is -2.47. The van der Waals surface area contributed by atoms with Crippen molar-refractivity contribution in [3.8, 4) is 0 Å². The maximum atomic E-state index is 5.22. The summed E-state index contributed by atoms with van der Waals surface area (Å²) in [5, 5.41) is 7.03. The van der Waals surface area contributed by atoms with Crippen LogP contribution in [0.1, 0.15) is 45.4 Å². The third-order valence-electron chi connectivity index (χ3n) is 3.96. The molecule has 0 radical (unpaired) electrons. The Kier molecular flexibility index (Phi) is 6.32. The van der Waals surface area contributed by atoms with E-state index in [0.29, 0.717) is 11.6 Å². The summed E-state index contributed by atoms with van der Waals surface area (Å²) in [6.07, 6.45) is 8.41. The van der Waals surface area contributed by atoms with Crippen molar-refractivity contribution in [1.29, 1.82) is 0 Å². The van der Waals surface area contributed by atoms with Crippen LogP contribution in [0.25, 0.3) is 0 Å². The van der Waals surface area contributed by atoms with Crippen molar-refractivity contribution < 1.29 is 4.74 Å². The third kappa shape index (κ3) is 4.40. The fourth-order valence-electron chi connectivity index (χ4n) is 2.57. The van der Waals surface area contributed by atoms with E-state index in [1.165, 1.54) is 38.5 Å². The highest BCUT2D eigenvalue weighted by molar-refractivity contribution is 4.90. The fraction of sp³-hybridized carbons (Fsp3) is 1.00. The maximum absolute atomic E-state index is 5.22. The summed E-state index contributed by atoms with van der Waals surface area (Å²) in [7, 11) is 3.88. The van der Waals surface area contributed by atoms with Gasteiger partial charge in [-0.15, -0.1) is 0 Å². The number of rotatable bonds is 7. The number of hydrogen-bond donors (Lipinski definition) is 2. The van der Waals surface area contributed by atoms with Crippen LogP contribution in [0.5, 0.6) is 0 Å². The summed E-state index contributed by atoms with van der Waals surface area (Å²) in [6.45, 7) is 4.15. The molecule has 0 spiro atoms. The van der Waals surface area contributed by atoms with Crippen LogP contribution in [0.3, 0.4) is 0 Å². The SMILES string of the molecule is CNC1(CCNCC(C)OC)CCCCC1. The highest BCUT2D eigenvalue weighted by Crippen LogP contribution is 2.30. The van der Waals surface area contributed by atoms with Crippen molar-refractivity contribution >= 4 is 0 Å². The lowest BCUT2D eigenvalue weighted by Gasteiger charge is -2.37. The van der Waals surface area contributed by atoms with Crippen LogP contribution in [0.15, 0.2) is 0 Å². The number of nitrogens with one attached hydrogen (secondary N) is 2. The number of methoxy groups -OCH3 is 1. The van der Waals surface area contributed by atoms with E-state index in [1.54, 1.807) is 7.11 Å². The molecule has 1 aliphatic carbocycles. The summed E-state index contributed by atoms with van der Waals surface area (Å²) in [5.41, 5.74) is 0.404. The zero-order valence-electron chi connectivity index (χ0n) is 11.1.